The number of hydrogen-bond acceptors (Lipinski definition) is 3. The van der Waals surface area contributed by atoms with Gasteiger partial charge >= 0.3 is 5.97 Å². The first-order valence-corrected chi connectivity index (χ1v) is 6.09. The summed E-state index contributed by atoms with van der Waals surface area (Å²) in [7, 11) is 1.36. The number of halogens is 1. The number of nitrogens with one attached hydrogen (secondary N) is 1. The van der Waals surface area contributed by atoms with E-state index in [1.165, 1.54) is 19.2 Å². The van der Waals surface area contributed by atoms with Crippen LogP contribution in [0.2, 0.25) is 0 Å². The van der Waals surface area contributed by atoms with Crippen molar-refractivity contribution in [3.05, 3.63) is 29.6 Å². The quantitative estimate of drug-likeness (QED) is 0.819. The highest BCUT2D eigenvalue weighted by atomic mass is 19.1. The molecule has 0 spiro atoms. The minimum Gasteiger partial charge on any atom is -0.467 e. The number of carbonyl (C=O) groups excluding carboxylic acids is 1. The second-order valence-electron chi connectivity index (χ2n) is 4.55. The van der Waals surface area contributed by atoms with Gasteiger partial charge in [-0.1, -0.05) is 20.3 Å². The van der Waals surface area contributed by atoms with Crippen molar-refractivity contribution >= 4 is 11.7 Å². The lowest BCUT2D eigenvalue weighted by atomic mass is 9.99. The summed E-state index contributed by atoms with van der Waals surface area (Å²) in [5, 5.41) is 3.05. The fourth-order valence-corrected chi connectivity index (χ4v) is 1.80. The smallest absolute Gasteiger partial charge is 0.328 e. The summed E-state index contributed by atoms with van der Waals surface area (Å²) >= 11 is 0. The molecule has 4 heteroatoms. The number of benzene rings is 1. The lowest BCUT2D eigenvalue weighted by Crippen LogP contribution is -2.36. The van der Waals surface area contributed by atoms with Crippen molar-refractivity contribution in [3.63, 3.8) is 0 Å². The van der Waals surface area contributed by atoms with Crippen LogP contribution in [0, 0.1) is 18.7 Å². The van der Waals surface area contributed by atoms with Gasteiger partial charge in [-0.25, -0.2) is 9.18 Å². The van der Waals surface area contributed by atoms with Gasteiger partial charge in [-0.3, -0.25) is 0 Å². The molecule has 1 rings (SSSR count). The average Bonchev–Trinajstić information content (AvgIpc) is 2.33. The van der Waals surface area contributed by atoms with Gasteiger partial charge in [-0.05, 0) is 36.6 Å². The highest BCUT2D eigenvalue weighted by molar-refractivity contribution is 5.79. The van der Waals surface area contributed by atoms with Crippen molar-refractivity contribution in [1.82, 2.24) is 0 Å². The Hall–Kier alpha value is -1.58. The Bertz CT molecular complexity index is 400. The van der Waals surface area contributed by atoms with Gasteiger partial charge in [0.05, 0.1) is 7.11 Å². The van der Waals surface area contributed by atoms with Gasteiger partial charge in [0.1, 0.15) is 11.9 Å². The van der Waals surface area contributed by atoms with Crippen molar-refractivity contribution < 1.29 is 13.9 Å². The number of aryl methyl sites for hydroxylation is 1. The largest absolute Gasteiger partial charge is 0.467 e. The normalized spacial score (nSPS) is 13.8. The van der Waals surface area contributed by atoms with E-state index in [0.29, 0.717) is 5.69 Å². The van der Waals surface area contributed by atoms with E-state index in [1.807, 2.05) is 20.8 Å². The van der Waals surface area contributed by atoms with E-state index in [9.17, 15) is 9.18 Å². The molecule has 0 amide bonds. The monoisotopic (exact) mass is 253 g/mol. The summed E-state index contributed by atoms with van der Waals surface area (Å²) in [6.45, 7) is 5.77. The molecule has 2 unspecified atom stereocenters. The van der Waals surface area contributed by atoms with Crippen molar-refractivity contribution in [1.29, 1.82) is 0 Å². The Labute approximate surface area is 107 Å². The maximum Gasteiger partial charge on any atom is 0.328 e. The molecular weight excluding hydrogens is 233 g/mol. The molecule has 0 aliphatic carbocycles. The van der Waals surface area contributed by atoms with Gasteiger partial charge in [0, 0.05) is 5.69 Å². The number of anilines is 1. The summed E-state index contributed by atoms with van der Waals surface area (Å²) in [5.41, 5.74) is 1.41. The van der Waals surface area contributed by atoms with Crippen molar-refractivity contribution in [2.75, 3.05) is 12.4 Å². The van der Waals surface area contributed by atoms with E-state index in [1.54, 1.807) is 6.07 Å². The predicted molar refractivity (Wildman–Crippen MR) is 70.0 cm³/mol. The van der Waals surface area contributed by atoms with E-state index in [2.05, 4.69) is 5.32 Å². The van der Waals surface area contributed by atoms with Crippen LogP contribution in [0.1, 0.15) is 25.8 Å². The number of hydrogen-bond donors (Lipinski definition) is 1. The Balaban J connectivity index is 2.92. The van der Waals surface area contributed by atoms with Gasteiger partial charge in [0.15, 0.2) is 0 Å². The molecule has 0 aliphatic rings. The molecule has 0 fully saturated rings. The zero-order valence-electron chi connectivity index (χ0n) is 11.3. The Kier molecular flexibility index (Phi) is 5.13. The lowest BCUT2D eigenvalue weighted by Gasteiger charge is -2.23. The molecule has 0 saturated heterocycles. The summed E-state index contributed by atoms with van der Waals surface area (Å²) in [6, 6.07) is 4.18. The number of esters is 1. The highest BCUT2D eigenvalue weighted by Crippen LogP contribution is 2.19. The topological polar surface area (TPSA) is 38.3 Å². The SMILES string of the molecule is CCC(C)C(Nc1cc(C)cc(F)c1)C(=O)OC. The zero-order chi connectivity index (χ0) is 13.7. The Morgan fingerprint density at radius 1 is 1.44 bits per heavy atom. The van der Waals surface area contributed by atoms with Crippen LogP contribution in [0.3, 0.4) is 0 Å². The van der Waals surface area contributed by atoms with Crippen LogP contribution in [0.25, 0.3) is 0 Å². The van der Waals surface area contributed by atoms with Gasteiger partial charge in [-0.2, -0.15) is 0 Å². The maximum atomic E-state index is 13.3. The molecule has 0 radical (unpaired) electrons. The summed E-state index contributed by atoms with van der Waals surface area (Å²) in [6.07, 6.45) is 0.834. The van der Waals surface area contributed by atoms with Crippen LogP contribution in [0.15, 0.2) is 18.2 Å². The molecule has 2 atom stereocenters. The molecule has 1 aromatic rings. The third kappa shape index (κ3) is 3.72. The van der Waals surface area contributed by atoms with E-state index in [4.69, 9.17) is 4.74 Å². The van der Waals surface area contributed by atoms with Crippen molar-refractivity contribution in [2.45, 2.75) is 33.2 Å². The minimum atomic E-state index is -0.457. The van der Waals surface area contributed by atoms with Crippen LogP contribution in [0.4, 0.5) is 10.1 Å². The molecular formula is C14H20FNO2. The van der Waals surface area contributed by atoms with Crippen LogP contribution in [-0.4, -0.2) is 19.1 Å². The first-order valence-electron chi connectivity index (χ1n) is 6.09. The van der Waals surface area contributed by atoms with Gasteiger partial charge in [-0.15, -0.1) is 0 Å². The van der Waals surface area contributed by atoms with E-state index in [0.717, 1.165) is 12.0 Å². The minimum absolute atomic E-state index is 0.112. The standard InChI is InChI=1S/C14H20FNO2/c1-5-10(3)13(14(17)18-4)16-12-7-9(2)6-11(15)8-12/h6-8,10,13,16H,5H2,1-4H3. The van der Waals surface area contributed by atoms with Crippen LogP contribution < -0.4 is 5.32 Å². The van der Waals surface area contributed by atoms with Gasteiger partial charge < -0.3 is 10.1 Å². The van der Waals surface area contributed by atoms with E-state index >= 15 is 0 Å². The molecule has 0 heterocycles. The third-order valence-corrected chi connectivity index (χ3v) is 3.03. The highest BCUT2D eigenvalue weighted by Gasteiger charge is 2.24. The molecule has 0 aliphatic heterocycles. The number of carbonyl (C=O) groups is 1. The first kappa shape index (κ1) is 14.5. The first-order chi connectivity index (χ1) is 8.47. The summed E-state index contributed by atoms with van der Waals surface area (Å²) < 4.78 is 18.1. The van der Waals surface area contributed by atoms with Gasteiger partial charge in [0.25, 0.3) is 0 Å². The molecule has 100 valence electrons. The van der Waals surface area contributed by atoms with Crippen LogP contribution in [0.5, 0.6) is 0 Å². The fraction of sp³-hybridized carbons (Fsp3) is 0.500. The van der Waals surface area contributed by atoms with E-state index < -0.39 is 6.04 Å². The molecule has 1 aromatic carbocycles. The number of ether oxygens (including phenoxy) is 1. The Morgan fingerprint density at radius 2 is 2.11 bits per heavy atom. The van der Waals surface area contributed by atoms with Crippen LogP contribution in [-0.2, 0) is 9.53 Å². The van der Waals surface area contributed by atoms with E-state index in [-0.39, 0.29) is 17.7 Å². The van der Waals surface area contributed by atoms with Crippen molar-refractivity contribution in [2.24, 2.45) is 5.92 Å². The number of rotatable bonds is 5. The number of methoxy groups -OCH3 is 1. The zero-order valence-corrected chi connectivity index (χ0v) is 11.3. The third-order valence-electron chi connectivity index (χ3n) is 3.03. The average molecular weight is 253 g/mol. The van der Waals surface area contributed by atoms with Gasteiger partial charge in [0.2, 0.25) is 0 Å². The molecule has 3 nitrogen and oxygen atoms in total. The van der Waals surface area contributed by atoms with Crippen LogP contribution >= 0.6 is 0 Å². The Morgan fingerprint density at radius 3 is 2.61 bits per heavy atom. The molecule has 18 heavy (non-hydrogen) atoms. The van der Waals surface area contributed by atoms with Crippen molar-refractivity contribution in [3.8, 4) is 0 Å². The second kappa shape index (κ2) is 6.38. The maximum absolute atomic E-state index is 13.3. The summed E-state index contributed by atoms with van der Waals surface area (Å²) in [5.74, 6) is -0.530. The molecule has 0 saturated carbocycles. The summed E-state index contributed by atoms with van der Waals surface area (Å²) in [4.78, 5) is 11.7. The molecule has 1 N–H and O–H groups in total. The second-order valence-corrected chi connectivity index (χ2v) is 4.55. The predicted octanol–water partition coefficient (Wildman–Crippen LogP) is 3.13. The fourth-order valence-electron chi connectivity index (χ4n) is 1.80. The molecule has 0 bridgehead atoms. The molecule has 0 aromatic heterocycles. The lowest BCUT2D eigenvalue weighted by molar-refractivity contribution is -0.142.